The Kier molecular flexibility index (Phi) is 4.16. The Bertz CT molecular complexity index is 453. The van der Waals surface area contributed by atoms with E-state index in [9.17, 15) is 4.39 Å². The molecule has 0 spiro atoms. The molecule has 96 valence electrons. The van der Waals surface area contributed by atoms with E-state index in [1.165, 1.54) is 18.9 Å². The summed E-state index contributed by atoms with van der Waals surface area (Å²) >= 11 is 0. The first-order valence-electron chi connectivity index (χ1n) is 6.35. The average molecular weight is 247 g/mol. The van der Waals surface area contributed by atoms with Gasteiger partial charge in [0.25, 0.3) is 0 Å². The van der Waals surface area contributed by atoms with Crippen molar-refractivity contribution in [1.82, 2.24) is 4.90 Å². The molecule has 1 fully saturated rings. The van der Waals surface area contributed by atoms with Crippen LogP contribution >= 0.6 is 0 Å². The summed E-state index contributed by atoms with van der Waals surface area (Å²) in [6, 6.07) is 7.08. The second kappa shape index (κ2) is 5.83. The minimum atomic E-state index is -0.459. The van der Waals surface area contributed by atoms with Gasteiger partial charge >= 0.3 is 0 Å². The highest BCUT2D eigenvalue weighted by Crippen LogP contribution is 2.20. The summed E-state index contributed by atoms with van der Waals surface area (Å²) < 4.78 is 13.4. The number of likely N-dealkylation sites (N-methyl/N-ethyl adjacent to an activating group) is 1. The first kappa shape index (κ1) is 12.8. The van der Waals surface area contributed by atoms with Crippen molar-refractivity contribution < 1.29 is 4.39 Å². The normalized spacial score (nSPS) is 20.4. The molecule has 0 bridgehead atoms. The predicted octanol–water partition coefficient (Wildman–Crippen LogP) is 2.59. The highest BCUT2D eigenvalue weighted by atomic mass is 19.1. The molecule has 1 N–H and O–H groups in total. The summed E-state index contributed by atoms with van der Waals surface area (Å²) in [5, 5.41) is 12.1. The first-order valence-corrected chi connectivity index (χ1v) is 6.35. The molecule has 1 aliphatic rings. The molecule has 3 nitrogen and oxygen atoms in total. The highest BCUT2D eigenvalue weighted by Gasteiger charge is 2.19. The van der Waals surface area contributed by atoms with Crippen LogP contribution in [-0.4, -0.2) is 31.1 Å². The van der Waals surface area contributed by atoms with E-state index in [1.807, 2.05) is 6.07 Å². The van der Waals surface area contributed by atoms with Crippen molar-refractivity contribution in [3.63, 3.8) is 0 Å². The van der Waals surface area contributed by atoms with Crippen molar-refractivity contribution in [3.05, 3.63) is 29.6 Å². The molecule has 0 amide bonds. The molecule has 2 rings (SSSR count). The van der Waals surface area contributed by atoms with Crippen LogP contribution in [0, 0.1) is 17.1 Å². The fourth-order valence-electron chi connectivity index (χ4n) is 2.41. The number of rotatable bonds is 3. The smallest absolute Gasteiger partial charge is 0.143 e. The molecule has 4 heteroatoms. The van der Waals surface area contributed by atoms with E-state index in [0.29, 0.717) is 11.7 Å². The third kappa shape index (κ3) is 2.80. The van der Waals surface area contributed by atoms with E-state index < -0.39 is 5.82 Å². The van der Waals surface area contributed by atoms with E-state index >= 15 is 0 Å². The molecular weight excluding hydrogens is 229 g/mol. The van der Waals surface area contributed by atoms with Crippen LogP contribution in [0.15, 0.2) is 18.2 Å². The van der Waals surface area contributed by atoms with Gasteiger partial charge in [0, 0.05) is 12.6 Å². The number of nitriles is 1. The topological polar surface area (TPSA) is 39.1 Å². The Morgan fingerprint density at radius 1 is 1.50 bits per heavy atom. The number of benzene rings is 1. The summed E-state index contributed by atoms with van der Waals surface area (Å²) in [6.07, 6.45) is 3.64. The van der Waals surface area contributed by atoms with Crippen molar-refractivity contribution in [2.75, 3.05) is 25.5 Å². The third-order valence-corrected chi connectivity index (χ3v) is 3.58. The van der Waals surface area contributed by atoms with Gasteiger partial charge in [0.05, 0.1) is 5.69 Å². The maximum absolute atomic E-state index is 13.4. The Balaban J connectivity index is 2.02. The summed E-state index contributed by atoms with van der Waals surface area (Å²) in [5.41, 5.74) is 0.701. The molecule has 0 saturated carbocycles. The summed E-state index contributed by atoms with van der Waals surface area (Å²) in [6.45, 7) is 1.87. The zero-order chi connectivity index (χ0) is 13.0. The number of likely N-dealkylation sites (tertiary alicyclic amines) is 1. The van der Waals surface area contributed by atoms with Crippen LogP contribution < -0.4 is 5.32 Å². The molecule has 1 aromatic rings. The largest absolute Gasteiger partial charge is 0.382 e. The molecule has 1 saturated heterocycles. The third-order valence-electron chi connectivity index (χ3n) is 3.58. The zero-order valence-electron chi connectivity index (χ0n) is 10.6. The van der Waals surface area contributed by atoms with Gasteiger partial charge in [-0.2, -0.15) is 5.26 Å². The molecule has 1 atom stereocenters. The monoisotopic (exact) mass is 247 g/mol. The van der Waals surface area contributed by atoms with Crippen molar-refractivity contribution in [1.29, 1.82) is 5.26 Å². The van der Waals surface area contributed by atoms with Crippen LogP contribution in [0.5, 0.6) is 0 Å². The van der Waals surface area contributed by atoms with Gasteiger partial charge in [0.1, 0.15) is 17.4 Å². The lowest BCUT2D eigenvalue weighted by Crippen LogP contribution is -2.40. The second-order valence-electron chi connectivity index (χ2n) is 4.79. The van der Waals surface area contributed by atoms with Crippen molar-refractivity contribution >= 4 is 5.69 Å². The number of hydrogen-bond donors (Lipinski definition) is 1. The summed E-state index contributed by atoms with van der Waals surface area (Å²) in [7, 11) is 2.11. The van der Waals surface area contributed by atoms with Gasteiger partial charge in [-0.05, 0) is 38.6 Å². The molecule has 0 aliphatic carbocycles. The Labute approximate surface area is 107 Å². The fraction of sp³-hybridized carbons (Fsp3) is 0.500. The van der Waals surface area contributed by atoms with Crippen LogP contribution in [-0.2, 0) is 0 Å². The fourth-order valence-corrected chi connectivity index (χ4v) is 2.41. The zero-order valence-corrected chi connectivity index (χ0v) is 10.6. The van der Waals surface area contributed by atoms with Crippen molar-refractivity contribution in [2.45, 2.75) is 25.3 Å². The molecule has 1 heterocycles. The standard InChI is InChI=1S/C14H18FN3/c1-18-8-3-2-5-11(18)10-17-14-7-4-6-13(15)12(14)9-16/h4,6-7,11,17H,2-3,5,8,10H2,1H3. The van der Waals surface area contributed by atoms with Gasteiger partial charge < -0.3 is 10.2 Å². The van der Waals surface area contributed by atoms with Crippen LogP contribution in [0.25, 0.3) is 0 Å². The van der Waals surface area contributed by atoms with Gasteiger partial charge in [0.15, 0.2) is 0 Å². The maximum atomic E-state index is 13.4. The lowest BCUT2D eigenvalue weighted by Gasteiger charge is -2.32. The minimum absolute atomic E-state index is 0.107. The van der Waals surface area contributed by atoms with Gasteiger partial charge in [-0.25, -0.2) is 4.39 Å². The van der Waals surface area contributed by atoms with Gasteiger partial charge in [-0.1, -0.05) is 12.5 Å². The van der Waals surface area contributed by atoms with E-state index in [-0.39, 0.29) is 5.56 Å². The number of nitrogens with one attached hydrogen (secondary N) is 1. The first-order chi connectivity index (χ1) is 8.72. The molecule has 0 radical (unpaired) electrons. The maximum Gasteiger partial charge on any atom is 0.143 e. The van der Waals surface area contributed by atoms with Crippen LogP contribution in [0.4, 0.5) is 10.1 Å². The van der Waals surface area contributed by atoms with Gasteiger partial charge in [-0.3, -0.25) is 0 Å². The molecule has 1 unspecified atom stereocenters. The Morgan fingerprint density at radius 3 is 3.06 bits per heavy atom. The summed E-state index contributed by atoms with van der Waals surface area (Å²) in [4.78, 5) is 2.32. The van der Waals surface area contributed by atoms with Gasteiger partial charge in [-0.15, -0.1) is 0 Å². The Morgan fingerprint density at radius 2 is 2.33 bits per heavy atom. The van der Waals surface area contributed by atoms with E-state index in [2.05, 4.69) is 17.3 Å². The predicted molar refractivity (Wildman–Crippen MR) is 69.9 cm³/mol. The van der Waals surface area contributed by atoms with Gasteiger partial charge in [0.2, 0.25) is 0 Å². The van der Waals surface area contributed by atoms with Crippen molar-refractivity contribution in [2.24, 2.45) is 0 Å². The molecule has 18 heavy (non-hydrogen) atoms. The van der Waals surface area contributed by atoms with E-state index in [1.54, 1.807) is 12.1 Å². The molecule has 1 aromatic carbocycles. The molecule has 1 aliphatic heterocycles. The van der Waals surface area contributed by atoms with E-state index in [0.717, 1.165) is 19.5 Å². The van der Waals surface area contributed by atoms with Crippen LogP contribution in [0.3, 0.4) is 0 Å². The SMILES string of the molecule is CN1CCCCC1CNc1cccc(F)c1C#N. The summed E-state index contributed by atoms with van der Waals surface area (Å²) in [5.74, 6) is -0.459. The number of nitrogens with zero attached hydrogens (tertiary/aromatic N) is 2. The number of piperidine rings is 1. The lowest BCUT2D eigenvalue weighted by molar-refractivity contribution is 0.194. The number of hydrogen-bond acceptors (Lipinski definition) is 3. The molecule has 0 aromatic heterocycles. The minimum Gasteiger partial charge on any atom is -0.382 e. The lowest BCUT2D eigenvalue weighted by atomic mass is 10.0. The number of halogens is 1. The van der Waals surface area contributed by atoms with Crippen LogP contribution in [0.1, 0.15) is 24.8 Å². The average Bonchev–Trinajstić information content (AvgIpc) is 2.38. The van der Waals surface area contributed by atoms with Crippen LogP contribution in [0.2, 0.25) is 0 Å². The highest BCUT2D eigenvalue weighted by molar-refractivity contribution is 5.57. The molecular formula is C14H18FN3. The Hall–Kier alpha value is -1.60. The quantitative estimate of drug-likeness (QED) is 0.892. The number of anilines is 1. The second-order valence-corrected chi connectivity index (χ2v) is 4.79. The van der Waals surface area contributed by atoms with Crippen molar-refractivity contribution in [3.8, 4) is 6.07 Å². The van der Waals surface area contributed by atoms with E-state index in [4.69, 9.17) is 5.26 Å².